The first-order chi connectivity index (χ1) is 12.9. The van der Waals surface area contributed by atoms with Gasteiger partial charge >= 0.3 is 41.5 Å². The van der Waals surface area contributed by atoms with Crippen molar-refractivity contribution in [3.8, 4) is 0 Å². The molecular formula is C17H26O10Zr. The summed E-state index contributed by atoms with van der Waals surface area (Å²) in [7, 11) is 0. The number of hydrogen-bond acceptors (Lipinski definition) is 10. The van der Waals surface area contributed by atoms with Crippen LogP contribution in [0.2, 0.25) is 0 Å². The Bertz CT molecular complexity index is 420. The van der Waals surface area contributed by atoms with Crippen LogP contribution in [0.15, 0.2) is 0 Å². The summed E-state index contributed by atoms with van der Waals surface area (Å²) in [5, 5.41) is 28.9. The molecule has 0 saturated carbocycles. The Morgan fingerprint density at radius 2 is 0.786 bits per heavy atom. The number of carboxylic acids is 3. The molecule has 11 heteroatoms. The Hall–Kier alpha value is -1.74. The maximum atomic E-state index is 10.2. The number of hydrogen-bond donors (Lipinski definition) is 0. The number of carboxylic acid groups (broad SMARTS) is 3. The van der Waals surface area contributed by atoms with Crippen molar-refractivity contribution in [1.82, 2.24) is 0 Å². The van der Waals surface area contributed by atoms with Gasteiger partial charge in [0.2, 0.25) is 0 Å². The van der Waals surface area contributed by atoms with E-state index in [1.165, 1.54) is 25.2 Å². The molecule has 0 atom stereocenters. The van der Waals surface area contributed by atoms with Crippen molar-refractivity contribution in [2.45, 2.75) is 66.2 Å². The summed E-state index contributed by atoms with van der Waals surface area (Å²) in [4.78, 5) is 59.5. The quantitative estimate of drug-likeness (QED) is 0.311. The van der Waals surface area contributed by atoms with Gasteiger partial charge in [-0.05, 0) is 0 Å². The van der Waals surface area contributed by atoms with Crippen LogP contribution in [-0.2, 0) is 56.7 Å². The first-order valence-corrected chi connectivity index (χ1v) is 9.34. The summed E-state index contributed by atoms with van der Waals surface area (Å²) in [5.74, 6) is -4.74. The molecule has 0 aliphatic rings. The summed E-state index contributed by atoms with van der Waals surface area (Å²) in [5.41, 5.74) is 0. The number of carbonyl (C=O) groups excluding carboxylic acids is 6. The molecule has 0 aromatic carbocycles. The second kappa shape index (κ2) is 25.3. The third-order valence-electron chi connectivity index (χ3n) is 2.35. The molecule has 0 saturated heterocycles. The summed E-state index contributed by atoms with van der Waals surface area (Å²) in [6.45, 7) is 7.69. The van der Waals surface area contributed by atoms with Gasteiger partial charge < -0.3 is 29.7 Å². The third-order valence-corrected chi connectivity index (χ3v) is 3.06. The van der Waals surface area contributed by atoms with E-state index >= 15 is 0 Å². The van der Waals surface area contributed by atoms with Gasteiger partial charge in [-0.15, -0.1) is 0 Å². The molecule has 0 heterocycles. The van der Waals surface area contributed by atoms with Gasteiger partial charge in [-0.3, -0.25) is 14.4 Å². The van der Waals surface area contributed by atoms with Gasteiger partial charge in [0.1, 0.15) is 17.3 Å². The van der Waals surface area contributed by atoms with Crippen LogP contribution in [0.3, 0.4) is 0 Å². The predicted molar refractivity (Wildman–Crippen MR) is 86.4 cm³/mol. The zero-order valence-electron chi connectivity index (χ0n) is 16.5. The van der Waals surface area contributed by atoms with Gasteiger partial charge in [0, 0.05) is 56.4 Å². The van der Waals surface area contributed by atoms with E-state index in [1.807, 2.05) is 6.92 Å². The van der Waals surface area contributed by atoms with Gasteiger partial charge in [0.05, 0.1) is 0 Å². The van der Waals surface area contributed by atoms with E-state index in [0.29, 0.717) is 0 Å². The molecule has 0 aliphatic carbocycles. The number of rotatable bonds is 10. The molecule has 0 aromatic rings. The molecule has 0 aliphatic heterocycles. The molecule has 158 valence electrons. The van der Waals surface area contributed by atoms with Crippen LogP contribution in [0.5, 0.6) is 0 Å². The van der Waals surface area contributed by atoms with E-state index < -0.39 is 37.2 Å². The fraction of sp³-hybridized carbons (Fsp3) is 0.647. The SMILES string of the molecule is CCC(=O)CC(=O)[O-].CCC(=O)CC(=O)[O-].CCC(=O)CC(=O)[O-].CC[O][Zr+3]. The third kappa shape index (κ3) is 44.1. The topological polar surface area (TPSA) is 181 Å². The molecule has 10 nitrogen and oxygen atoms in total. The average molecular weight is 482 g/mol. The molecule has 0 unspecified atom stereocenters. The van der Waals surface area contributed by atoms with Crippen molar-refractivity contribution in [3.63, 3.8) is 0 Å². The number of Topliss-reactive ketones (excluding diaryl/α,β-unsaturated/α-hetero) is 3. The first kappa shape index (κ1) is 33.8. The Balaban J connectivity index is -0.000000141. The Morgan fingerprint density at radius 1 is 0.607 bits per heavy atom. The summed E-state index contributed by atoms with van der Waals surface area (Å²) < 4.78 is 4.63. The van der Waals surface area contributed by atoms with Crippen LogP contribution in [0.4, 0.5) is 0 Å². The molecule has 0 bridgehead atoms. The summed E-state index contributed by atoms with van der Waals surface area (Å²) in [6, 6.07) is 0. The van der Waals surface area contributed by atoms with E-state index in [9.17, 15) is 44.1 Å². The zero-order valence-corrected chi connectivity index (χ0v) is 19.0. The van der Waals surface area contributed by atoms with E-state index in [4.69, 9.17) is 0 Å². The maximum absolute atomic E-state index is 10.2. The van der Waals surface area contributed by atoms with Crippen molar-refractivity contribution in [2.24, 2.45) is 0 Å². The first-order valence-electron chi connectivity index (χ1n) is 8.34. The van der Waals surface area contributed by atoms with E-state index in [1.54, 1.807) is 20.8 Å². The standard InChI is InChI=1S/3C5H8O3.C2H5O.Zr/c3*1-2-4(6)3-5(7)8;1-2-3;/h3*2-3H2,1H3,(H,7,8);2H2,1H3;/q;;;-1;+4/p-3. The van der Waals surface area contributed by atoms with Crippen LogP contribution in [0.25, 0.3) is 0 Å². The van der Waals surface area contributed by atoms with Crippen LogP contribution in [0.1, 0.15) is 66.2 Å². The molecule has 0 amide bonds. The number of aliphatic carboxylic acids is 3. The normalized spacial score (nSPS) is 8.50. The average Bonchev–Trinajstić information content (AvgIpc) is 2.61. The molecule has 0 spiro atoms. The Kier molecular flexibility index (Phi) is 30.5. The van der Waals surface area contributed by atoms with E-state index in [2.05, 4.69) is 2.81 Å². The second-order valence-electron chi connectivity index (χ2n) is 4.76. The van der Waals surface area contributed by atoms with Crippen molar-refractivity contribution in [2.75, 3.05) is 6.61 Å². The monoisotopic (exact) mass is 480 g/mol. The van der Waals surface area contributed by atoms with E-state index in [0.717, 1.165) is 6.61 Å². The van der Waals surface area contributed by atoms with Crippen molar-refractivity contribution >= 4 is 35.3 Å². The number of carbonyl (C=O) groups is 6. The van der Waals surface area contributed by atoms with Crippen LogP contribution < -0.4 is 15.3 Å². The van der Waals surface area contributed by atoms with Gasteiger partial charge in [-0.2, -0.15) is 0 Å². The molecule has 0 N–H and O–H groups in total. The van der Waals surface area contributed by atoms with Gasteiger partial charge in [-0.1, -0.05) is 20.8 Å². The van der Waals surface area contributed by atoms with Gasteiger partial charge in [-0.25, -0.2) is 0 Å². The summed E-state index contributed by atoms with van der Waals surface area (Å²) >= 11 is 1.17. The minimum absolute atomic E-state index is 0.272. The second-order valence-corrected chi connectivity index (χ2v) is 5.47. The number of ketones is 3. The van der Waals surface area contributed by atoms with Crippen LogP contribution in [-0.4, -0.2) is 41.9 Å². The van der Waals surface area contributed by atoms with Crippen molar-refractivity contribution in [1.29, 1.82) is 0 Å². The summed E-state index contributed by atoms with van der Waals surface area (Å²) in [6.07, 6.45) is -0.528. The molecule has 0 fully saturated rings. The molecule has 0 rings (SSSR count). The fourth-order valence-corrected chi connectivity index (χ4v) is 0.858. The van der Waals surface area contributed by atoms with Crippen molar-refractivity contribution in [3.05, 3.63) is 0 Å². The van der Waals surface area contributed by atoms with E-state index in [-0.39, 0.29) is 36.6 Å². The van der Waals surface area contributed by atoms with Crippen molar-refractivity contribution < 1.29 is 72.1 Å². The zero-order chi connectivity index (χ0) is 23.1. The Morgan fingerprint density at radius 3 is 0.821 bits per heavy atom. The van der Waals surface area contributed by atoms with Gasteiger partial charge in [0.25, 0.3) is 0 Å². The molecule has 28 heavy (non-hydrogen) atoms. The molecular weight excluding hydrogens is 455 g/mol. The Labute approximate surface area is 180 Å². The van der Waals surface area contributed by atoms with Crippen LogP contribution in [0, 0.1) is 0 Å². The molecule has 0 radical (unpaired) electrons. The predicted octanol–water partition coefficient (Wildman–Crippen LogP) is -2.20. The fourth-order valence-electron chi connectivity index (χ4n) is 0.858. The minimum atomic E-state index is -1.29. The van der Waals surface area contributed by atoms with Crippen LogP contribution >= 0.6 is 0 Å². The van der Waals surface area contributed by atoms with Gasteiger partial charge in [0.15, 0.2) is 0 Å². The molecule has 0 aromatic heterocycles.